The van der Waals surface area contributed by atoms with E-state index in [1.54, 1.807) is 0 Å². The maximum absolute atomic E-state index is 11.1. The van der Waals surface area contributed by atoms with Crippen molar-refractivity contribution >= 4 is 38.1 Å². The number of halogens is 2. The van der Waals surface area contributed by atoms with Crippen molar-refractivity contribution in [3.8, 4) is 0 Å². The third-order valence-electron chi connectivity index (χ3n) is 1.17. The Kier molecular flexibility index (Phi) is 1.64. The molecule has 0 amide bonds. The van der Waals surface area contributed by atoms with Crippen molar-refractivity contribution in [3.63, 3.8) is 0 Å². The summed E-state index contributed by atoms with van der Waals surface area (Å²) in [5.41, 5.74) is 5.57. The van der Waals surface area contributed by atoms with Gasteiger partial charge in [-0.3, -0.25) is 0 Å². The standard InChI is InChI=1S/C7H7Br2NO/c8-5-1-4(3-11)7(10)6(9)2-5/h1-4,7H,10H2/i1D,2D,3D,4D. The van der Waals surface area contributed by atoms with E-state index in [-0.39, 0.29) is 15.0 Å². The molecule has 0 fully saturated rings. The van der Waals surface area contributed by atoms with E-state index < -0.39 is 24.3 Å². The fourth-order valence-electron chi connectivity index (χ4n) is 0.626. The van der Waals surface area contributed by atoms with E-state index >= 15 is 0 Å². The smallest absolute Gasteiger partial charge is 0.128 e. The van der Waals surface area contributed by atoms with Crippen LogP contribution in [0, 0.1) is 5.89 Å². The van der Waals surface area contributed by atoms with Crippen molar-refractivity contribution in [1.29, 1.82) is 0 Å². The molecule has 1 aliphatic rings. The lowest BCUT2D eigenvalue weighted by Crippen LogP contribution is -2.31. The van der Waals surface area contributed by atoms with Crippen LogP contribution >= 0.6 is 31.9 Å². The van der Waals surface area contributed by atoms with Crippen LogP contribution in [0.3, 0.4) is 0 Å². The molecular formula is C7H7Br2NO. The number of carbonyl (C=O) groups is 1. The number of rotatable bonds is 1. The highest BCUT2D eigenvalue weighted by Gasteiger charge is 2.21. The first-order valence-electron chi connectivity index (χ1n) is 4.74. The van der Waals surface area contributed by atoms with Gasteiger partial charge in [-0.15, -0.1) is 0 Å². The van der Waals surface area contributed by atoms with Gasteiger partial charge in [-0.2, -0.15) is 0 Å². The average Bonchev–Trinajstić information content (AvgIpc) is 2.20. The number of hydrogen-bond donors (Lipinski definition) is 1. The Hall–Kier alpha value is 0.0700. The largest absolute Gasteiger partial charge is 0.323 e. The summed E-state index contributed by atoms with van der Waals surface area (Å²) in [6, 6.07) is -1.72. The van der Waals surface area contributed by atoms with Gasteiger partial charge in [0, 0.05) is 16.4 Å². The maximum atomic E-state index is 11.1. The van der Waals surface area contributed by atoms with Crippen molar-refractivity contribution in [3.05, 3.63) is 21.1 Å². The monoisotopic (exact) mass is 283 g/mol. The number of carbonyl (C=O) groups excluding carboxylic acids is 1. The lowest BCUT2D eigenvalue weighted by molar-refractivity contribution is -0.110. The van der Waals surface area contributed by atoms with E-state index in [4.69, 9.17) is 11.2 Å². The zero-order valence-electron chi connectivity index (χ0n) is 9.32. The molecule has 2 N–H and O–H groups in total. The molecule has 2 unspecified atom stereocenters. The third-order valence-corrected chi connectivity index (χ3v) is 2.26. The van der Waals surface area contributed by atoms with Gasteiger partial charge in [0.2, 0.25) is 0 Å². The number of aldehydes is 1. The molecule has 0 aliphatic heterocycles. The van der Waals surface area contributed by atoms with Gasteiger partial charge in [0.15, 0.2) is 0 Å². The normalized spacial score (nSPS) is 44.5. The quantitative estimate of drug-likeness (QED) is 0.745. The highest BCUT2D eigenvalue weighted by molar-refractivity contribution is 9.12. The molecule has 2 nitrogen and oxygen atoms in total. The molecule has 0 spiro atoms. The Labute approximate surface area is 87.4 Å². The van der Waals surface area contributed by atoms with Gasteiger partial charge in [-0.1, -0.05) is 37.9 Å². The zero-order chi connectivity index (χ0) is 12.0. The average molecular weight is 285 g/mol. The lowest BCUT2D eigenvalue weighted by Gasteiger charge is -2.19. The Balaban J connectivity index is 3.45. The van der Waals surface area contributed by atoms with Crippen molar-refractivity contribution in [1.82, 2.24) is 0 Å². The highest BCUT2D eigenvalue weighted by atomic mass is 79.9. The van der Waals surface area contributed by atoms with Crippen LogP contribution in [0.4, 0.5) is 0 Å². The SMILES string of the molecule is [2H]C(=O)C1([2H])C([2H])=C(Br)C([2H])=C(Br)C1N. The molecule has 60 valence electrons. The van der Waals surface area contributed by atoms with Crippen LogP contribution in [0.1, 0.15) is 5.48 Å². The van der Waals surface area contributed by atoms with Crippen LogP contribution in [0.2, 0.25) is 0 Å². The molecular weight excluding hydrogens is 274 g/mol. The molecule has 0 bridgehead atoms. The van der Waals surface area contributed by atoms with Crippen LogP contribution in [0.15, 0.2) is 21.1 Å². The van der Waals surface area contributed by atoms with Crippen LogP contribution in [0.25, 0.3) is 0 Å². The van der Waals surface area contributed by atoms with Gasteiger partial charge in [0.25, 0.3) is 0 Å². The molecule has 0 aromatic carbocycles. The first-order chi connectivity index (χ1) is 6.74. The van der Waals surface area contributed by atoms with Crippen molar-refractivity contribution in [2.45, 2.75) is 6.04 Å². The molecule has 0 aromatic heterocycles. The van der Waals surface area contributed by atoms with Gasteiger partial charge >= 0.3 is 0 Å². The maximum Gasteiger partial charge on any atom is 0.128 e. The van der Waals surface area contributed by atoms with Crippen molar-refractivity contribution < 1.29 is 10.3 Å². The predicted octanol–water partition coefficient (Wildman–Crippen LogP) is 1.70. The van der Waals surface area contributed by atoms with Crippen LogP contribution in [0.5, 0.6) is 0 Å². The lowest BCUT2D eigenvalue weighted by atomic mass is 9.98. The van der Waals surface area contributed by atoms with E-state index in [1.165, 1.54) is 0 Å². The van der Waals surface area contributed by atoms with Crippen molar-refractivity contribution in [2.75, 3.05) is 0 Å². The highest BCUT2D eigenvalue weighted by Crippen LogP contribution is 2.27. The van der Waals surface area contributed by atoms with E-state index in [2.05, 4.69) is 31.9 Å². The molecule has 11 heavy (non-hydrogen) atoms. The first-order valence-corrected chi connectivity index (χ1v) is 4.33. The predicted molar refractivity (Wildman–Crippen MR) is 51.5 cm³/mol. The summed E-state index contributed by atoms with van der Waals surface area (Å²) in [6.45, 7) is 0. The third kappa shape index (κ3) is 2.01. The fourth-order valence-corrected chi connectivity index (χ4v) is 1.75. The van der Waals surface area contributed by atoms with E-state index in [0.717, 1.165) is 0 Å². The second-order valence-electron chi connectivity index (χ2n) is 1.91. The molecule has 1 aliphatic carbocycles. The van der Waals surface area contributed by atoms with Crippen LogP contribution in [-0.4, -0.2) is 12.3 Å². The Morgan fingerprint density at radius 3 is 3.09 bits per heavy atom. The number of nitrogens with two attached hydrogens (primary N) is 1. The Morgan fingerprint density at radius 1 is 1.91 bits per heavy atom. The topological polar surface area (TPSA) is 43.1 Å². The Morgan fingerprint density at radius 2 is 2.55 bits per heavy atom. The molecule has 0 saturated carbocycles. The summed E-state index contributed by atoms with van der Waals surface area (Å²) < 4.78 is 30.0. The molecule has 2 atom stereocenters. The van der Waals surface area contributed by atoms with Gasteiger partial charge < -0.3 is 10.5 Å². The molecule has 0 heterocycles. The molecule has 4 heteroatoms. The molecule has 0 saturated heterocycles. The second-order valence-corrected chi connectivity index (χ2v) is 3.55. The van der Waals surface area contributed by atoms with Crippen LogP contribution < -0.4 is 5.73 Å². The summed E-state index contributed by atoms with van der Waals surface area (Å²) in [5.74, 6) is -2.15. The minimum atomic E-state index is -2.15. The molecule has 0 aromatic rings. The van der Waals surface area contributed by atoms with Gasteiger partial charge in [0.1, 0.15) is 7.63 Å². The second kappa shape index (κ2) is 3.65. The molecule has 0 radical (unpaired) electrons. The summed E-state index contributed by atoms with van der Waals surface area (Å²) in [6.07, 6.45) is -1.26. The zero-order valence-corrected chi connectivity index (χ0v) is 8.49. The fraction of sp³-hybridized carbons (Fsp3) is 0.286. The first kappa shape index (κ1) is 4.94. The van der Waals surface area contributed by atoms with Gasteiger partial charge in [0.05, 0.1) is 8.64 Å². The summed E-state index contributed by atoms with van der Waals surface area (Å²) in [4.78, 5) is 11.1. The summed E-state index contributed by atoms with van der Waals surface area (Å²) in [7, 11) is 0. The number of allylic oxidation sites excluding steroid dienone is 2. The summed E-state index contributed by atoms with van der Waals surface area (Å²) >= 11 is 5.93. The Bertz CT molecular complexity index is 394. The molecule has 1 rings (SSSR count). The van der Waals surface area contributed by atoms with Gasteiger partial charge in [-0.05, 0) is 6.05 Å². The number of hydrogen-bond acceptors (Lipinski definition) is 2. The minimum Gasteiger partial charge on any atom is -0.323 e. The minimum absolute atomic E-state index is 0.00618. The van der Waals surface area contributed by atoms with Crippen molar-refractivity contribution in [2.24, 2.45) is 11.6 Å². The van der Waals surface area contributed by atoms with E-state index in [0.29, 0.717) is 0 Å². The van der Waals surface area contributed by atoms with Crippen LogP contribution in [-0.2, 0) is 4.79 Å². The summed E-state index contributed by atoms with van der Waals surface area (Å²) in [5, 5.41) is 0. The van der Waals surface area contributed by atoms with E-state index in [1.807, 2.05) is 0 Å². The van der Waals surface area contributed by atoms with E-state index in [9.17, 15) is 4.79 Å². The van der Waals surface area contributed by atoms with Gasteiger partial charge in [-0.25, -0.2) is 0 Å².